The average Bonchev–Trinajstić information content (AvgIpc) is 3.18. The Morgan fingerprint density at radius 1 is 0.968 bits per heavy atom. The van der Waals surface area contributed by atoms with E-state index in [2.05, 4.69) is 5.32 Å². The van der Waals surface area contributed by atoms with Crippen LogP contribution in [0.4, 0.5) is 0 Å². The normalized spacial score (nSPS) is 16.5. The van der Waals surface area contributed by atoms with Crippen LogP contribution in [0.2, 0.25) is 0 Å². The summed E-state index contributed by atoms with van der Waals surface area (Å²) < 4.78 is 10.8. The Balaban J connectivity index is 2.19. The van der Waals surface area contributed by atoms with Crippen molar-refractivity contribution in [3.63, 3.8) is 0 Å². The van der Waals surface area contributed by atoms with Gasteiger partial charge < -0.3 is 14.8 Å². The summed E-state index contributed by atoms with van der Waals surface area (Å²) >= 11 is 1.58. The van der Waals surface area contributed by atoms with E-state index in [1.807, 2.05) is 67.8 Å². The molecule has 0 aliphatic carbocycles. The van der Waals surface area contributed by atoms with Gasteiger partial charge in [0.2, 0.25) is 0 Å². The molecule has 162 valence electrons. The van der Waals surface area contributed by atoms with E-state index < -0.39 is 17.9 Å². The van der Waals surface area contributed by atoms with E-state index in [0.717, 1.165) is 16.0 Å². The predicted octanol–water partition coefficient (Wildman–Crippen LogP) is 5.11. The van der Waals surface area contributed by atoms with Crippen molar-refractivity contribution in [2.24, 2.45) is 0 Å². The van der Waals surface area contributed by atoms with E-state index >= 15 is 0 Å². The van der Waals surface area contributed by atoms with Crippen LogP contribution in [0, 0.1) is 6.92 Å². The van der Waals surface area contributed by atoms with Gasteiger partial charge in [-0.1, -0.05) is 36.4 Å². The van der Waals surface area contributed by atoms with Crippen molar-refractivity contribution >= 4 is 29.4 Å². The largest absolute Gasteiger partial charge is 0.463 e. The molecule has 1 aromatic carbocycles. The van der Waals surface area contributed by atoms with Crippen molar-refractivity contribution in [1.82, 2.24) is 5.32 Å². The van der Waals surface area contributed by atoms with Crippen LogP contribution in [0.15, 0.2) is 70.4 Å². The highest BCUT2D eigenvalue weighted by Crippen LogP contribution is 2.42. The molecule has 1 aromatic heterocycles. The minimum absolute atomic E-state index is 0.241. The number of rotatable bonds is 7. The Morgan fingerprint density at radius 3 is 2.19 bits per heavy atom. The first-order valence-corrected chi connectivity index (χ1v) is 11.2. The van der Waals surface area contributed by atoms with Gasteiger partial charge in [0.25, 0.3) is 0 Å². The van der Waals surface area contributed by atoms with Crippen molar-refractivity contribution in [2.75, 3.05) is 13.2 Å². The Morgan fingerprint density at radius 2 is 1.61 bits per heavy atom. The van der Waals surface area contributed by atoms with Crippen LogP contribution in [0.25, 0.3) is 6.08 Å². The number of aryl methyl sites for hydroxylation is 1. The first-order chi connectivity index (χ1) is 15.0. The molecule has 2 heterocycles. The van der Waals surface area contributed by atoms with E-state index in [4.69, 9.17) is 9.47 Å². The molecule has 1 aliphatic heterocycles. The lowest BCUT2D eigenvalue weighted by molar-refractivity contribution is -0.139. The molecule has 0 fully saturated rings. The number of dihydropyridines is 1. The maximum atomic E-state index is 13.1. The van der Waals surface area contributed by atoms with Crippen molar-refractivity contribution in [2.45, 2.75) is 33.6 Å². The second-order valence-corrected chi connectivity index (χ2v) is 8.16. The van der Waals surface area contributed by atoms with Gasteiger partial charge in [0.1, 0.15) is 0 Å². The lowest BCUT2D eigenvalue weighted by Gasteiger charge is -2.30. The summed E-state index contributed by atoms with van der Waals surface area (Å²) in [6, 6.07) is 11.8. The van der Waals surface area contributed by atoms with E-state index in [1.54, 1.807) is 25.2 Å². The Labute approximate surface area is 187 Å². The molecule has 5 nitrogen and oxygen atoms in total. The monoisotopic (exact) mass is 437 g/mol. The number of benzene rings is 1. The van der Waals surface area contributed by atoms with Gasteiger partial charge in [-0.05, 0) is 56.3 Å². The van der Waals surface area contributed by atoms with Crippen molar-refractivity contribution in [1.29, 1.82) is 0 Å². The maximum Gasteiger partial charge on any atom is 0.337 e. The summed E-state index contributed by atoms with van der Waals surface area (Å²) in [5.74, 6) is -1.45. The smallest absolute Gasteiger partial charge is 0.337 e. The molecule has 0 saturated carbocycles. The number of esters is 2. The summed E-state index contributed by atoms with van der Waals surface area (Å²) in [5.41, 5.74) is 4.02. The molecule has 3 rings (SSSR count). The van der Waals surface area contributed by atoms with Crippen molar-refractivity contribution < 1.29 is 19.1 Å². The Hall–Kier alpha value is -3.12. The number of thiophene rings is 1. The molecule has 1 unspecified atom stereocenters. The van der Waals surface area contributed by atoms with Crippen LogP contribution in [0.3, 0.4) is 0 Å². The number of carbonyl (C=O) groups is 2. The molecule has 2 aromatic rings. The molecule has 1 N–H and O–H groups in total. The number of allylic oxidation sites excluding steroid dienone is 2. The molecule has 0 saturated heterocycles. The van der Waals surface area contributed by atoms with Crippen LogP contribution in [-0.4, -0.2) is 25.2 Å². The Bertz CT molecular complexity index is 1050. The lowest BCUT2D eigenvalue weighted by Crippen LogP contribution is -2.33. The topological polar surface area (TPSA) is 64.6 Å². The van der Waals surface area contributed by atoms with E-state index in [-0.39, 0.29) is 13.2 Å². The van der Waals surface area contributed by atoms with E-state index in [9.17, 15) is 9.59 Å². The summed E-state index contributed by atoms with van der Waals surface area (Å²) in [6.07, 6.45) is 3.80. The maximum absolute atomic E-state index is 13.1. The van der Waals surface area contributed by atoms with Crippen LogP contribution >= 0.6 is 11.3 Å². The minimum Gasteiger partial charge on any atom is -0.463 e. The van der Waals surface area contributed by atoms with Crippen molar-refractivity contribution in [3.8, 4) is 0 Å². The second kappa shape index (κ2) is 10.3. The fourth-order valence-electron chi connectivity index (χ4n) is 3.65. The number of hydrogen-bond acceptors (Lipinski definition) is 6. The quantitative estimate of drug-likeness (QED) is 0.610. The first kappa shape index (κ1) is 22.6. The zero-order valence-electron chi connectivity index (χ0n) is 18.2. The highest BCUT2D eigenvalue weighted by atomic mass is 32.1. The number of nitrogens with one attached hydrogen (secondary N) is 1. The van der Waals surface area contributed by atoms with E-state index in [0.29, 0.717) is 22.5 Å². The molecule has 1 aliphatic rings. The van der Waals surface area contributed by atoms with Crippen molar-refractivity contribution in [3.05, 3.63) is 86.4 Å². The molecule has 0 amide bonds. The third-order valence-corrected chi connectivity index (χ3v) is 5.90. The van der Waals surface area contributed by atoms with Gasteiger partial charge in [0.15, 0.2) is 0 Å². The zero-order chi connectivity index (χ0) is 22.4. The molecule has 31 heavy (non-hydrogen) atoms. The van der Waals surface area contributed by atoms with E-state index in [1.165, 1.54) is 0 Å². The number of carbonyl (C=O) groups excluding carboxylic acids is 2. The molecule has 1 atom stereocenters. The van der Waals surface area contributed by atoms with Gasteiger partial charge in [-0.2, -0.15) is 0 Å². The molecule has 0 radical (unpaired) electrons. The minimum atomic E-state index is -0.568. The predicted molar refractivity (Wildman–Crippen MR) is 123 cm³/mol. The Kier molecular flexibility index (Phi) is 7.47. The standard InChI is InChI=1S/C25H27NO4S/c1-5-29-24(27)21-16(3)26-20(13-12-18-10-8-7-9-11-18)23(25(28)30-6-2)22(21)19-14-15-31-17(19)4/h7-15,22,26H,5-6H2,1-4H3. The molecular formula is C25H27NO4S. The number of ether oxygens (including phenoxy) is 2. The van der Waals surface area contributed by atoms with Gasteiger partial charge in [-0.3, -0.25) is 0 Å². The highest BCUT2D eigenvalue weighted by Gasteiger charge is 2.39. The summed E-state index contributed by atoms with van der Waals surface area (Å²) in [7, 11) is 0. The summed E-state index contributed by atoms with van der Waals surface area (Å²) in [5, 5.41) is 5.22. The molecular weight excluding hydrogens is 410 g/mol. The summed E-state index contributed by atoms with van der Waals surface area (Å²) in [6.45, 7) is 7.86. The van der Waals surface area contributed by atoms with Gasteiger partial charge in [0.05, 0.1) is 30.3 Å². The second-order valence-electron chi connectivity index (χ2n) is 7.04. The van der Waals surface area contributed by atoms with Crippen LogP contribution in [0.1, 0.15) is 42.7 Å². The van der Waals surface area contributed by atoms with Crippen LogP contribution in [-0.2, 0) is 19.1 Å². The first-order valence-electron chi connectivity index (χ1n) is 10.3. The van der Waals surface area contributed by atoms with Gasteiger partial charge in [0, 0.05) is 16.3 Å². The fourth-order valence-corrected chi connectivity index (χ4v) is 4.39. The third kappa shape index (κ3) is 4.97. The zero-order valence-corrected chi connectivity index (χ0v) is 19.0. The fraction of sp³-hybridized carbons (Fsp3) is 0.280. The highest BCUT2D eigenvalue weighted by molar-refractivity contribution is 7.10. The third-order valence-electron chi connectivity index (χ3n) is 5.04. The summed E-state index contributed by atoms with van der Waals surface area (Å²) in [4.78, 5) is 27.1. The van der Waals surface area contributed by atoms with Crippen LogP contribution in [0.5, 0.6) is 0 Å². The van der Waals surface area contributed by atoms with Gasteiger partial charge in [-0.15, -0.1) is 11.3 Å². The SMILES string of the molecule is CCOC(=O)C1=C(C)NC(C=Cc2ccccc2)=C(C(=O)OCC)C1c1ccsc1C. The van der Waals surface area contributed by atoms with Gasteiger partial charge >= 0.3 is 11.9 Å². The van der Waals surface area contributed by atoms with Crippen LogP contribution < -0.4 is 5.32 Å². The lowest BCUT2D eigenvalue weighted by atomic mass is 9.80. The molecule has 0 bridgehead atoms. The average molecular weight is 438 g/mol. The number of hydrogen-bond donors (Lipinski definition) is 1. The molecule has 0 spiro atoms. The molecule has 6 heteroatoms. The van der Waals surface area contributed by atoms with Gasteiger partial charge in [-0.25, -0.2) is 9.59 Å².